The van der Waals surface area contributed by atoms with E-state index >= 15 is 0 Å². The zero-order valence-corrected chi connectivity index (χ0v) is 10.4. The SMILES string of the molecule is CC(C)N=C(NN)NC(C)C.I. The van der Waals surface area contributed by atoms with Gasteiger partial charge in [-0.15, -0.1) is 24.0 Å². The van der Waals surface area contributed by atoms with Crippen molar-refractivity contribution in [3.05, 3.63) is 0 Å². The number of guanidine groups is 1. The summed E-state index contributed by atoms with van der Waals surface area (Å²) in [7, 11) is 0. The number of hydrogen-bond acceptors (Lipinski definition) is 2. The van der Waals surface area contributed by atoms with Crippen LogP contribution in [0.1, 0.15) is 27.7 Å². The molecule has 12 heavy (non-hydrogen) atoms. The highest BCUT2D eigenvalue weighted by molar-refractivity contribution is 14.0. The molecule has 4 nitrogen and oxygen atoms in total. The molecule has 0 aromatic carbocycles. The van der Waals surface area contributed by atoms with E-state index in [2.05, 4.69) is 15.7 Å². The van der Waals surface area contributed by atoms with Gasteiger partial charge in [-0.1, -0.05) is 0 Å². The summed E-state index contributed by atoms with van der Waals surface area (Å²) in [5.41, 5.74) is 2.50. The van der Waals surface area contributed by atoms with E-state index in [0.717, 1.165) is 0 Å². The average molecular weight is 286 g/mol. The van der Waals surface area contributed by atoms with Crippen LogP contribution in [0.15, 0.2) is 4.99 Å². The smallest absolute Gasteiger partial charge is 0.206 e. The first kappa shape index (κ1) is 14.5. The minimum Gasteiger partial charge on any atom is -0.353 e. The zero-order chi connectivity index (χ0) is 8.85. The minimum absolute atomic E-state index is 0. The Morgan fingerprint density at radius 2 is 1.75 bits per heavy atom. The van der Waals surface area contributed by atoms with E-state index in [0.29, 0.717) is 12.0 Å². The third kappa shape index (κ3) is 8.06. The molecule has 0 amide bonds. The van der Waals surface area contributed by atoms with Crippen molar-refractivity contribution in [2.45, 2.75) is 39.8 Å². The number of hydrazine groups is 1. The van der Waals surface area contributed by atoms with E-state index in [9.17, 15) is 0 Å². The van der Waals surface area contributed by atoms with E-state index in [1.54, 1.807) is 0 Å². The topological polar surface area (TPSA) is 62.4 Å². The van der Waals surface area contributed by atoms with Gasteiger partial charge in [-0.2, -0.15) is 0 Å². The van der Waals surface area contributed by atoms with Crippen LogP contribution in [0.2, 0.25) is 0 Å². The van der Waals surface area contributed by atoms with Crippen LogP contribution < -0.4 is 16.6 Å². The molecule has 0 saturated heterocycles. The Labute approximate surface area is 91.4 Å². The predicted molar refractivity (Wildman–Crippen MR) is 63.6 cm³/mol. The third-order valence-electron chi connectivity index (χ3n) is 0.949. The summed E-state index contributed by atoms with van der Waals surface area (Å²) in [4.78, 5) is 4.20. The van der Waals surface area contributed by atoms with Gasteiger partial charge in [0.15, 0.2) is 0 Å². The van der Waals surface area contributed by atoms with Crippen LogP contribution in [-0.4, -0.2) is 18.0 Å². The van der Waals surface area contributed by atoms with Crippen LogP contribution in [0, 0.1) is 0 Å². The Balaban J connectivity index is 0. The summed E-state index contributed by atoms with van der Waals surface area (Å²) in [6.45, 7) is 8.07. The average Bonchev–Trinajstić information content (AvgIpc) is 1.84. The quantitative estimate of drug-likeness (QED) is 0.232. The highest BCUT2D eigenvalue weighted by Crippen LogP contribution is 1.85. The molecule has 4 N–H and O–H groups in total. The second kappa shape index (κ2) is 7.60. The lowest BCUT2D eigenvalue weighted by atomic mass is 10.4. The van der Waals surface area contributed by atoms with Gasteiger partial charge in [0.2, 0.25) is 5.96 Å². The molecule has 0 rings (SSSR count). The van der Waals surface area contributed by atoms with Gasteiger partial charge in [0.25, 0.3) is 0 Å². The third-order valence-corrected chi connectivity index (χ3v) is 0.949. The summed E-state index contributed by atoms with van der Waals surface area (Å²) in [5, 5.41) is 3.07. The molecule has 5 heteroatoms. The Kier molecular flexibility index (Phi) is 9.17. The fraction of sp³-hybridized carbons (Fsp3) is 0.857. The highest BCUT2D eigenvalue weighted by atomic mass is 127. The van der Waals surface area contributed by atoms with Crippen LogP contribution in [0.4, 0.5) is 0 Å². The lowest BCUT2D eigenvalue weighted by Gasteiger charge is -2.12. The lowest BCUT2D eigenvalue weighted by Crippen LogP contribution is -2.45. The molecule has 0 fully saturated rings. The van der Waals surface area contributed by atoms with Crippen LogP contribution in [0.3, 0.4) is 0 Å². The molecule has 0 unspecified atom stereocenters. The largest absolute Gasteiger partial charge is 0.353 e. The summed E-state index contributed by atoms with van der Waals surface area (Å²) >= 11 is 0. The van der Waals surface area contributed by atoms with Crippen LogP contribution in [0.5, 0.6) is 0 Å². The van der Waals surface area contributed by atoms with E-state index in [1.807, 2.05) is 27.7 Å². The number of aliphatic imine (C=N–C) groups is 1. The van der Waals surface area contributed by atoms with Crippen molar-refractivity contribution in [1.29, 1.82) is 0 Å². The Morgan fingerprint density at radius 1 is 1.25 bits per heavy atom. The van der Waals surface area contributed by atoms with Crippen molar-refractivity contribution in [3.63, 3.8) is 0 Å². The van der Waals surface area contributed by atoms with Crippen molar-refractivity contribution in [2.75, 3.05) is 0 Å². The molecule has 0 aromatic rings. The van der Waals surface area contributed by atoms with Gasteiger partial charge in [-0.05, 0) is 27.7 Å². The monoisotopic (exact) mass is 286 g/mol. The maximum absolute atomic E-state index is 5.23. The van der Waals surface area contributed by atoms with Crippen molar-refractivity contribution >= 4 is 29.9 Å². The number of rotatable bonds is 2. The van der Waals surface area contributed by atoms with Gasteiger partial charge in [-0.3, -0.25) is 5.43 Å². The Bertz CT molecular complexity index is 133. The number of nitrogens with two attached hydrogens (primary N) is 1. The first-order chi connectivity index (χ1) is 5.06. The van der Waals surface area contributed by atoms with Gasteiger partial charge < -0.3 is 5.32 Å². The van der Waals surface area contributed by atoms with Gasteiger partial charge in [-0.25, -0.2) is 10.8 Å². The fourth-order valence-electron chi connectivity index (χ4n) is 0.648. The van der Waals surface area contributed by atoms with E-state index in [-0.39, 0.29) is 30.0 Å². The normalized spacial score (nSPS) is 11.4. The number of hydrogen-bond donors (Lipinski definition) is 3. The van der Waals surface area contributed by atoms with Crippen molar-refractivity contribution in [2.24, 2.45) is 10.8 Å². The first-order valence-corrected chi connectivity index (χ1v) is 3.87. The molecule has 0 aromatic heterocycles. The van der Waals surface area contributed by atoms with Crippen molar-refractivity contribution in [3.8, 4) is 0 Å². The van der Waals surface area contributed by atoms with Crippen LogP contribution in [0.25, 0.3) is 0 Å². The summed E-state index contributed by atoms with van der Waals surface area (Å²) in [5.74, 6) is 5.87. The van der Waals surface area contributed by atoms with Crippen molar-refractivity contribution < 1.29 is 0 Å². The first-order valence-electron chi connectivity index (χ1n) is 3.87. The molecule has 0 bridgehead atoms. The second-order valence-electron chi connectivity index (χ2n) is 3.01. The molecule has 0 aliphatic heterocycles. The molecule has 0 atom stereocenters. The molecular formula is C7H19IN4. The molecular weight excluding hydrogens is 267 g/mol. The number of nitrogens with zero attached hydrogens (tertiary/aromatic N) is 1. The maximum atomic E-state index is 5.23. The van der Waals surface area contributed by atoms with E-state index in [4.69, 9.17) is 5.84 Å². The highest BCUT2D eigenvalue weighted by Gasteiger charge is 1.98. The van der Waals surface area contributed by atoms with Gasteiger partial charge in [0.1, 0.15) is 0 Å². The molecule has 0 aliphatic carbocycles. The molecule has 0 heterocycles. The van der Waals surface area contributed by atoms with Gasteiger partial charge in [0, 0.05) is 12.1 Å². The minimum atomic E-state index is 0. The summed E-state index contributed by atoms with van der Waals surface area (Å²) in [6.07, 6.45) is 0. The predicted octanol–water partition coefficient (Wildman–Crippen LogP) is 0.830. The Hall–Kier alpha value is -0.0400. The molecule has 0 saturated carbocycles. The van der Waals surface area contributed by atoms with Crippen LogP contribution >= 0.6 is 24.0 Å². The van der Waals surface area contributed by atoms with E-state index in [1.165, 1.54) is 0 Å². The fourth-order valence-corrected chi connectivity index (χ4v) is 0.648. The van der Waals surface area contributed by atoms with Crippen LogP contribution in [-0.2, 0) is 0 Å². The molecule has 74 valence electrons. The van der Waals surface area contributed by atoms with Crippen molar-refractivity contribution in [1.82, 2.24) is 10.7 Å². The number of nitrogens with one attached hydrogen (secondary N) is 2. The molecule has 0 radical (unpaired) electrons. The maximum Gasteiger partial charge on any atom is 0.206 e. The summed E-state index contributed by atoms with van der Waals surface area (Å²) in [6, 6.07) is 0.607. The second-order valence-corrected chi connectivity index (χ2v) is 3.01. The van der Waals surface area contributed by atoms with Gasteiger partial charge >= 0.3 is 0 Å². The molecule has 0 spiro atoms. The van der Waals surface area contributed by atoms with Gasteiger partial charge in [0.05, 0.1) is 0 Å². The standard InChI is InChI=1S/C7H18N4.HI/c1-5(2)9-7(11-8)10-6(3)4;/h5-6H,8H2,1-4H3,(H2,9,10,11);1H. The van der Waals surface area contributed by atoms with E-state index < -0.39 is 0 Å². The zero-order valence-electron chi connectivity index (χ0n) is 8.09. The Morgan fingerprint density at radius 3 is 2.00 bits per heavy atom. The molecule has 0 aliphatic rings. The lowest BCUT2D eigenvalue weighted by molar-refractivity contribution is 0.691. The number of halogens is 1. The summed E-state index contributed by atoms with van der Waals surface area (Å²) < 4.78 is 0.